The van der Waals surface area contributed by atoms with Gasteiger partial charge in [0.05, 0.1) is 19.8 Å². The van der Waals surface area contributed by atoms with Gasteiger partial charge in [-0.2, -0.15) is 0 Å². The molecule has 0 saturated carbocycles. The van der Waals surface area contributed by atoms with Crippen molar-refractivity contribution in [2.75, 3.05) is 13.7 Å². The number of nitrogens with zero attached hydrogens (tertiary/aromatic N) is 2. The fourth-order valence-corrected chi connectivity index (χ4v) is 6.98. The minimum Gasteiger partial charge on any atom is -0.496 e. The van der Waals surface area contributed by atoms with Gasteiger partial charge in [-0.1, -0.05) is 40.7 Å². The topological polar surface area (TPSA) is 115 Å². The number of aliphatic carboxylic acids is 1. The molecule has 0 unspecified atom stereocenters. The van der Waals surface area contributed by atoms with Gasteiger partial charge < -0.3 is 23.7 Å². The molecule has 1 fully saturated rings. The summed E-state index contributed by atoms with van der Waals surface area (Å²) in [6, 6.07) is 9.58. The Morgan fingerprint density at radius 1 is 1.18 bits per heavy atom. The van der Waals surface area contributed by atoms with Crippen LogP contribution in [0.5, 0.6) is 11.5 Å². The fourth-order valence-electron chi connectivity index (χ4n) is 5.77. The number of rotatable bonds is 10. The maximum absolute atomic E-state index is 14.5. The number of thiazole rings is 1. The van der Waals surface area contributed by atoms with Crippen molar-refractivity contribution in [1.82, 2.24) is 9.88 Å². The van der Waals surface area contributed by atoms with Gasteiger partial charge in [0, 0.05) is 23.1 Å². The van der Waals surface area contributed by atoms with Gasteiger partial charge in [0.25, 0.3) is 5.91 Å². The van der Waals surface area contributed by atoms with Crippen molar-refractivity contribution in [2.24, 2.45) is 11.8 Å². The highest BCUT2D eigenvalue weighted by Crippen LogP contribution is 2.51. The molecular weight excluding hydrogens is 607 g/mol. The summed E-state index contributed by atoms with van der Waals surface area (Å²) in [7, 11) is 1.54. The van der Waals surface area contributed by atoms with Gasteiger partial charge in [-0.05, 0) is 66.1 Å². The van der Waals surface area contributed by atoms with E-state index in [0.29, 0.717) is 22.8 Å². The molecule has 2 heterocycles. The van der Waals surface area contributed by atoms with E-state index in [1.54, 1.807) is 23.7 Å². The van der Waals surface area contributed by atoms with Crippen LogP contribution < -0.4 is 8.92 Å². The minimum absolute atomic E-state index is 0.0461. The fraction of sp³-hybridized carbons (Fsp3) is 0.438. The number of benzene rings is 2. The Morgan fingerprint density at radius 2 is 1.89 bits per heavy atom. The largest absolute Gasteiger partial charge is 0.496 e. The normalized spacial score (nSPS) is 20.0. The van der Waals surface area contributed by atoms with Crippen molar-refractivity contribution in [2.45, 2.75) is 64.5 Å². The Balaban J connectivity index is 1.69. The van der Waals surface area contributed by atoms with Crippen LogP contribution in [0.2, 0.25) is 0 Å². The van der Waals surface area contributed by atoms with Gasteiger partial charge in [-0.3, -0.25) is 4.79 Å². The number of carboxylic acids is 1. The zero-order chi connectivity index (χ0) is 32.2. The molecule has 4 rings (SSSR count). The molecule has 12 heteroatoms. The Morgan fingerprint density at radius 3 is 2.45 bits per heavy atom. The molecule has 0 bridgehead atoms. The van der Waals surface area contributed by atoms with Crippen LogP contribution in [0.3, 0.4) is 0 Å². The van der Waals surface area contributed by atoms with Crippen molar-refractivity contribution in [3.8, 4) is 11.5 Å². The Kier molecular flexibility index (Phi) is 10.2. The average Bonchev–Trinajstić information content (AvgIpc) is 3.61. The van der Waals surface area contributed by atoms with Crippen LogP contribution in [0.1, 0.15) is 74.4 Å². The standard InChI is InChI=1S/C32H37FN2O7S2/c1-19(2)16-32(29(37)38)17-21(18-41-30(39)44-42-23-10-8-22(33)9-11-23)26(27-34-13-14-43-27)35(32)28(36)20-7-12-24(31(3,4)5)25(15-20)40-6/h7-15,19,21,26H,16-18H2,1-6H3,(H,37,38)/t21-,26+,32-/m0/s1. The summed E-state index contributed by atoms with van der Waals surface area (Å²) in [5, 5.41) is 12.3. The number of ether oxygens (including phenoxy) is 2. The molecule has 1 saturated heterocycles. The van der Waals surface area contributed by atoms with Gasteiger partial charge in [0.15, 0.2) is 12.0 Å². The summed E-state index contributed by atoms with van der Waals surface area (Å²) in [5.74, 6) is -1.91. The first-order valence-electron chi connectivity index (χ1n) is 14.2. The molecule has 1 N–H and O–H groups in total. The van der Waals surface area contributed by atoms with E-state index in [1.807, 2.05) is 40.7 Å². The first-order valence-corrected chi connectivity index (χ1v) is 15.8. The van der Waals surface area contributed by atoms with E-state index in [4.69, 9.17) is 13.7 Å². The van der Waals surface area contributed by atoms with Crippen LogP contribution in [0.25, 0.3) is 0 Å². The number of likely N-dealkylation sites (tertiary alicyclic amines) is 1. The molecule has 9 nitrogen and oxygen atoms in total. The molecule has 1 aliphatic heterocycles. The van der Waals surface area contributed by atoms with E-state index in [0.717, 1.165) is 5.56 Å². The first kappa shape index (κ1) is 33.3. The molecule has 2 aromatic carbocycles. The lowest BCUT2D eigenvalue weighted by atomic mass is 9.83. The molecule has 0 spiro atoms. The van der Waals surface area contributed by atoms with Crippen LogP contribution in [-0.2, 0) is 14.9 Å². The molecule has 0 radical (unpaired) electrons. The van der Waals surface area contributed by atoms with Crippen molar-refractivity contribution in [3.05, 3.63) is 76.0 Å². The van der Waals surface area contributed by atoms with Gasteiger partial charge in [0.1, 0.15) is 27.9 Å². The van der Waals surface area contributed by atoms with Crippen molar-refractivity contribution < 1.29 is 37.5 Å². The van der Waals surface area contributed by atoms with E-state index in [1.165, 1.54) is 47.6 Å². The number of aromatic nitrogens is 1. The molecule has 3 aromatic rings. The third kappa shape index (κ3) is 7.18. The van der Waals surface area contributed by atoms with Crippen molar-refractivity contribution in [1.29, 1.82) is 0 Å². The molecule has 236 valence electrons. The Hall–Kier alpha value is -3.64. The second-order valence-corrected chi connectivity index (χ2v) is 13.8. The smallest absolute Gasteiger partial charge is 0.407 e. The number of carbonyl (C=O) groups is 3. The second-order valence-electron chi connectivity index (χ2n) is 12.2. The molecular formula is C32H37FN2O7S2. The van der Waals surface area contributed by atoms with E-state index in [2.05, 4.69) is 4.98 Å². The number of methoxy groups -OCH3 is 1. The monoisotopic (exact) mass is 644 g/mol. The Labute approximate surface area is 264 Å². The zero-order valence-electron chi connectivity index (χ0n) is 25.5. The molecule has 1 aliphatic rings. The summed E-state index contributed by atoms with van der Waals surface area (Å²) < 4.78 is 29.7. The summed E-state index contributed by atoms with van der Waals surface area (Å²) in [5.41, 5.74) is -0.649. The van der Waals surface area contributed by atoms with Gasteiger partial charge in [-0.25, -0.2) is 19.0 Å². The minimum atomic E-state index is -1.59. The van der Waals surface area contributed by atoms with Crippen LogP contribution in [-0.4, -0.2) is 51.4 Å². The third-order valence-corrected chi connectivity index (χ3v) is 8.92. The lowest BCUT2D eigenvalue weighted by Gasteiger charge is -2.39. The summed E-state index contributed by atoms with van der Waals surface area (Å²) in [6.45, 7) is 9.76. The quantitative estimate of drug-likeness (QED) is 0.177. The average molecular weight is 645 g/mol. The summed E-state index contributed by atoms with van der Waals surface area (Å²) in [4.78, 5) is 46.2. The summed E-state index contributed by atoms with van der Waals surface area (Å²) >= 11 is 1.74. The maximum atomic E-state index is 14.5. The molecule has 3 atom stereocenters. The van der Waals surface area contributed by atoms with Gasteiger partial charge in [-0.15, -0.1) is 11.3 Å². The maximum Gasteiger partial charge on any atom is 0.407 e. The number of carboxylic acid groups (broad SMARTS) is 1. The highest BCUT2D eigenvalue weighted by Gasteiger charge is 2.60. The van der Waals surface area contributed by atoms with Gasteiger partial charge >= 0.3 is 11.3 Å². The summed E-state index contributed by atoms with van der Waals surface area (Å²) in [6.07, 6.45) is 1.83. The van der Waals surface area contributed by atoms with Crippen LogP contribution in [0.15, 0.2) is 54.0 Å². The molecule has 44 heavy (non-hydrogen) atoms. The number of amides is 1. The van der Waals surface area contributed by atoms with E-state index < -0.39 is 40.5 Å². The van der Waals surface area contributed by atoms with E-state index >= 15 is 0 Å². The second kappa shape index (κ2) is 13.6. The van der Waals surface area contributed by atoms with Crippen molar-refractivity contribution >= 4 is 40.6 Å². The molecule has 0 aliphatic carbocycles. The lowest BCUT2D eigenvalue weighted by molar-refractivity contribution is -0.150. The van der Waals surface area contributed by atoms with E-state index in [-0.39, 0.29) is 42.1 Å². The SMILES string of the molecule is COc1cc(C(=O)N2[C@@H](c3nccs3)[C@H](COC(=O)SOc3ccc(F)cc3)C[C@@]2(CC(C)C)C(=O)O)ccc1C(C)(C)C. The zero-order valence-corrected chi connectivity index (χ0v) is 27.2. The molecule has 1 aromatic heterocycles. The number of halogens is 1. The number of carbonyl (C=O) groups excluding carboxylic acids is 2. The number of hydrogen-bond donors (Lipinski definition) is 1. The predicted molar refractivity (Wildman–Crippen MR) is 167 cm³/mol. The highest BCUT2D eigenvalue weighted by molar-refractivity contribution is 8.09. The Bertz CT molecular complexity index is 1470. The third-order valence-electron chi connectivity index (χ3n) is 7.54. The van der Waals surface area contributed by atoms with Crippen LogP contribution in [0.4, 0.5) is 9.18 Å². The van der Waals surface area contributed by atoms with Crippen LogP contribution in [0, 0.1) is 17.7 Å². The first-order chi connectivity index (χ1) is 20.8. The predicted octanol–water partition coefficient (Wildman–Crippen LogP) is 7.53. The highest BCUT2D eigenvalue weighted by atomic mass is 32.2. The number of hydrogen-bond acceptors (Lipinski definition) is 9. The van der Waals surface area contributed by atoms with Gasteiger partial charge in [0.2, 0.25) is 0 Å². The lowest BCUT2D eigenvalue weighted by Crippen LogP contribution is -2.54. The van der Waals surface area contributed by atoms with Crippen molar-refractivity contribution in [3.63, 3.8) is 0 Å². The molecule has 1 amide bonds. The van der Waals surface area contributed by atoms with Crippen LogP contribution >= 0.6 is 23.4 Å². The van der Waals surface area contributed by atoms with E-state index in [9.17, 15) is 23.9 Å².